The first-order chi connectivity index (χ1) is 7.24. The molecule has 0 saturated heterocycles. The van der Waals surface area contributed by atoms with Crippen molar-refractivity contribution in [1.82, 2.24) is 0 Å². The van der Waals surface area contributed by atoms with Crippen LogP contribution < -0.4 is 0 Å². The number of aliphatic hydroxyl groups excluding tert-OH is 1. The molecule has 0 aliphatic heterocycles. The third-order valence-corrected chi connectivity index (χ3v) is 2.21. The third kappa shape index (κ3) is 8.89. The standard InChI is InChI=1S/C13H28NO2/c1-7-8-13(15)16-12(9-11(2)3)10-14(4,5)6/h12-13,15H,2,7-10H2,1,3-6H3/q+1. The Morgan fingerprint density at radius 3 is 2.31 bits per heavy atom. The van der Waals surface area contributed by atoms with Gasteiger partial charge in [-0.05, 0) is 19.8 Å². The number of aliphatic hydroxyl groups is 1. The van der Waals surface area contributed by atoms with Gasteiger partial charge in [0.15, 0.2) is 6.29 Å². The molecule has 0 heterocycles. The summed E-state index contributed by atoms with van der Waals surface area (Å²) in [5.41, 5.74) is 1.10. The Morgan fingerprint density at radius 2 is 1.94 bits per heavy atom. The van der Waals surface area contributed by atoms with Gasteiger partial charge in [0.05, 0.1) is 21.1 Å². The second-order valence-corrected chi connectivity index (χ2v) is 5.64. The fraction of sp³-hybridized carbons (Fsp3) is 0.846. The van der Waals surface area contributed by atoms with Gasteiger partial charge in [-0.2, -0.15) is 0 Å². The van der Waals surface area contributed by atoms with E-state index in [-0.39, 0.29) is 6.10 Å². The van der Waals surface area contributed by atoms with Gasteiger partial charge in [0.1, 0.15) is 12.6 Å². The highest BCUT2D eigenvalue weighted by molar-refractivity contribution is 4.91. The maximum absolute atomic E-state index is 9.67. The van der Waals surface area contributed by atoms with E-state index in [0.29, 0.717) is 6.42 Å². The first kappa shape index (κ1) is 15.6. The summed E-state index contributed by atoms with van der Waals surface area (Å²) in [5.74, 6) is 0. The zero-order valence-corrected chi connectivity index (χ0v) is 11.5. The van der Waals surface area contributed by atoms with Gasteiger partial charge in [-0.3, -0.25) is 0 Å². The average molecular weight is 230 g/mol. The minimum Gasteiger partial charge on any atom is -0.368 e. The van der Waals surface area contributed by atoms with E-state index in [2.05, 4.69) is 27.7 Å². The molecule has 0 spiro atoms. The Kier molecular flexibility index (Phi) is 6.88. The molecule has 0 radical (unpaired) electrons. The van der Waals surface area contributed by atoms with Crippen molar-refractivity contribution in [2.45, 2.75) is 45.5 Å². The SMILES string of the molecule is C=C(C)CC(C[N+](C)(C)C)OC(O)CCC. The van der Waals surface area contributed by atoms with E-state index in [4.69, 9.17) is 4.74 Å². The monoisotopic (exact) mass is 230 g/mol. The summed E-state index contributed by atoms with van der Waals surface area (Å²) in [7, 11) is 6.38. The molecule has 2 atom stereocenters. The molecule has 0 aromatic carbocycles. The summed E-state index contributed by atoms with van der Waals surface area (Å²) in [6, 6.07) is 0. The maximum Gasteiger partial charge on any atom is 0.155 e. The molecule has 0 aromatic rings. The lowest BCUT2D eigenvalue weighted by Gasteiger charge is -2.30. The summed E-state index contributed by atoms with van der Waals surface area (Å²) in [6.45, 7) is 8.83. The predicted molar refractivity (Wildman–Crippen MR) is 68.1 cm³/mol. The van der Waals surface area contributed by atoms with Crippen LogP contribution in [0, 0.1) is 0 Å². The molecule has 3 nitrogen and oxygen atoms in total. The van der Waals surface area contributed by atoms with Crippen LogP contribution in [0.1, 0.15) is 33.1 Å². The molecule has 0 rings (SSSR count). The van der Waals surface area contributed by atoms with Gasteiger partial charge in [-0.25, -0.2) is 0 Å². The highest BCUT2D eigenvalue weighted by Gasteiger charge is 2.21. The zero-order valence-electron chi connectivity index (χ0n) is 11.5. The second kappa shape index (κ2) is 7.05. The normalized spacial score (nSPS) is 15.9. The topological polar surface area (TPSA) is 29.5 Å². The van der Waals surface area contributed by atoms with Crippen molar-refractivity contribution in [1.29, 1.82) is 0 Å². The summed E-state index contributed by atoms with van der Waals surface area (Å²) in [4.78, 5) is 0. The van der Waals surface area contributed by atoms with Crippen LogP contribution in [0.4, 0.5) is 0 Å². The Morgan fingerprint density at radius 1 is 1.38 bits per heavy atom. The van der Waals surface area contributed by atoms with Crippen LogP contribution in [0.3, 0.4) is 0 Å². The number of likely N-dealkylation sites (N-methyl/N-ethyl adjacent to an activating group) is 1. The fourth-order valence-electron chi connectivity index (χ4n) is 1.69. The molecular formula is C13H28NO2+. The number of hydrogen-bond acceptors (Lipinski definition) is 2. The summed E-state index contributed by atoms with van der Waals surface area (Å²) in [5, 5.41) is 9.67. The molecule has 2 unspecified atom stereocenters. The van der Waals surface area contributed by atoms with E-state index >= 15 is 0 Å². The molecule has 0 bridgehead atoms. The molecule has 0 fully saturated rings. The zero-order chi connectivity index (χ0) is 12.8. The van der Waals surface area contributed by atoms with E-state index in [1.807, 2.05) is 13.8 Å². The molecule has 0 saturated carbocycles. The first-order valence-electron chi connectivity index (χ1n) is 6.03. The van der Waals surface area contributed by atoms with Crippen molar-refractivity contribution in [3.05, 3.63) is 12.2 Å². The van der Waals surface area contributed by atoms with Crippen molar-refractivity contribution in [3.63, 3.8) is 0 Å². The van der Waals surface area contributed by atoms with Crippen molar-refractivity contribution >= 4 is 0 Å². The van der Waals surface area contributed by atoms with Gasteiger partial charge in [0, 0.05) is 0 Å². The molecule has 3 heteroatoms. The Labute approximate surface area is 100 Å². The van der Waals surface area contributed by atoms with Crippen molar-refractivity contribution in [2.24, 2.45) is 0 Å². The van der Waals surface area contributed by atoms with Gasteiger partial charge in [0.25, 0.3) is 0 Å². The number of quaternary nitrogens is 1. The first-order valence-corrected chi connectivity index (χ1v) is 6.03. The minimum absolute atomic E-state index is 0.0547. The summed E-state index contributed by atoms with van der Waals surface area (Å²) < 4.78 is 6.49. The van der Waals surface area contributed by atoms with Gasteiger partial charge < -0.3 is 14.3 Å². The Balaban J connectivity index is 4.25. The Bertz CT molecular complexity index is 208. The van der Waals surface area contributed by atoms with Gasteiger partial charge in [-0.15, -0.1) is 6.58 Å². The van der Waals surface area contributed by atoms with E-state index in [1.54, 1.807) is 0 Å². The van der Waals surface area contributed by atoms with E-state index < -0.39 is 6.29 Å². The largest absolute Gasteiger partial charge is 0.368 e. The minimum atomic E-state index is -0.638. The lowest BCUT2D eigenvalue weighted by atomic mass is 10.1. The number of nitrogens with zero attached hydrogens (tertiary/aromatic N) is 1. The van der Waals surface area contributed by atoms with E-state index in [9.17, 15) is 5.11 Å². The van der Waals surface area contributed by atoms with Crippen LogP contribution in [0.25, 0.3) is 0 Å². The van der Waals surface area contributed by atoms with Crippen LogP contribution in [-0.4, -0.2) is 49.7 Å². The molecule has 1 N–H and O–H groups in total. The number of rotatable bonds is 8. The van der Waals surface area contributed by atoms with Crippen LogP contribution >= 0.6 is 0 Å². The average Bonchev–Trinajstić information content (AvgIpc) is 1.98. The molecule has 0 aromatic heterocycles. The van der Waals surface area contributed by atoms with Crippen molar-refractivity contribution in [2.75, 3.05) is 27.7 Å². The molecular weight excluding hydrogens is 202 g/mol. The van der Waals surface area contributed by atoms with Gasteiger partial charge >= 0.3 is 0 Å². The fourth-order valence-corrected chi connectivity index (χ4v) is 1.69. The smallest absolute Gasteiger partial charge is 0.155 e. The molecule has 0 amide bonds. The van der Waals surface area contributed by atoms with Gasteiger partial charge in [-0.1, -0.05) is 18.9 Å². The molecule has 0 aliphatic carbocycles. The molecule has 16 heavy (non-hydrogen) atoms. The highest BCUT2D eigenvalue weighted by atomic mass is 16.6. The third-order valence-electron chi connectivity index (χ3n) is 2.21. The number of hydrogen-bond donors (Lipinski definition) is 1. The van der Waals surface area contributed by atoms with E-state index in [1.165, 1.54) is 0 Å². The molecule has 0 aliphatic rings. The highest BCUT2D eigenvalue weighted by Crippen LogP contribution is 2.13. The maximum atomic E-state index is 9.67. The lowest BCUT2D eigenvalue weighted by molar-refractivity contribution is -0.874. The quantitative estimate of drug-likeness (QED) is 0.393. The van der Waals surface area contributed by atoms with Crippen LogP contribution in [-0.2, 0) is 4.74 Å². The number of ether oxygens (including phenoxy) is 1. The van der Waals surface area contributed by atoms with E-state index in [0.717, 1.165) is 29.4 Å². The second-order valence-electron chi connectivity index (χ2n) is 5.64. The molecule has 96 valence electrons. The lowest BCUT2D eigenvalue weighted by Crippen LogP contribution is -2.43. The van der Waals surface area contributed by atoms with Crippen LogP contribution in [0.15, 0.2) is 12.2 Å². The predicted octanol–water partition coefficient (Wildman–Crippen LogP) is 2.16. The van der Waals surface area contributed by atoms with Crippen molar-refractivity contribution in [3.8, 4) is 0 Å². The summed E-state index contributed by atoms with van der Waals surface area (Å²) >= 11 is 0. The van der Waals surface area contributed by atoms with Gasteiger partial charge in [0.2, 0.25) is 0 Å². The van der Waals surface area contributed by atoms with Crippen LogP contribution in [0.2, 0.25) is 0 Å². The van der Waals surface area contributed by atoms with Crippen molar-refractivity contribution < 1.29 is 14.3 Å². The summed E-state index contributed by atoms with van der Waals surface area (Å²) in [6.07, 6.45) is 1.87. The van der Waals surface area contributed by atoms with Crippen LogP contribution in [0.5, 0.6) is 0 Å². The Hall–Kier alpha value is -0.380.